The molecule has 1 aromatic heterocycles. The molecule has 1 amide bonds. The lowest BCUT2D eigenvalue weighted by Gasteiger charge is -2.10. The average Bonchev–Trinajstić information content (AvgIpc) is 2.59. The van der Waals surface area contributed by atoms with E-state index < -0.39 is 5.91 Å². The Kier molecular flexibility index (Phi) is 4.27. The van der Waals surface area contributed by atoms with Gasteiger partial charge in [0.1, 0.15) is 0 Å². The number of hydrogen-bond donors (Lipinski definition) is 2. The number of halogens is 1. The Bertz CT molecular complexity index is 936. The van der Waals surface area contributed by atoms with Crippen molar-refractivity contribution in [3.8, 4) is 0 Å². The number of hydrogen-bond acceptors (Lipinski definition) is 3. The minimum absolute atomic E-state index is 0.195. The van der Waals surface area contributed by atoms with Crippen LogP contribution in [0.2, 0.25) is 0 Å². The fourth-order valence-electron chi connectivity index (χ4n) is 2.45. The first kappa shape index (κ1) is 15.5. The SMILES string of the molecule is O=C(NO)c1ccc2c(Br)cn(Cc3ccccc3)c(=O)c2c1. The number of rotatable bonds is 3. The molecular weight excluding hydrogens is 360 g/mol. The van der Waals surface area contributed by atoms with Gasteiger partial charge in [0.05, 0.1) is 6.54 Å². The maximum absolute atomic E-state index is 12.7. The Morgan fingerprint density at radius 3 is 2.57 bits per heavy atom. The molecule has 0 spiro atoms. The van der Waals surface area contributed by atoms with E-state index in [9.17, 15) is 9.59 Å². The number of fused-ring (bicyclic) bond motifs is 1. The predicted molar refractivity (Wildman–Crippen MR) is 90.7 cm³/mol. The Morgan fingerprint density at radius 1 is 1.13 bits per heavy atom. The van der Waals surface area contributed by atoms with Crippen molar-refractivity contribution in [2.75, 3.05) is 0 Å². The molecular formula is C17H13BrN2O3. The van der Waals surface area contributed by atoms with E-state index in [0.717, 1.165) is 10.0 Å². The van der Waals surface area contributed by atoms with Gasteiger partial charge in [0.25, 0.3) is 11.5 Å². The second-order valence-electron chi connectivity index (χ2n) is 5.10. The van der Waals surface area contributed by atoms with Crippen molar-refractivity contribution in [1.82, 2.24) is 10.0 Å². The van der Waals surface area contributed by atoms with Gasteiger partial charge in [0, 0.05) is 27.0 Å². The molecule has 3 aromatic rings. The molecule has 0 fully saturated rings. The van der Waals surface area contributed by atoms with Crippen LogP contribution in [0.1, 0.15) is 15.9 Å². The lowest BCUT2D eigenvalue weighted by atomic mass is 10.1. The Hall–Kier alpha value is -2.44. The van der Waals surface area contributed by atoms with E-state index in [4.69, 9.17) is 5.21 Å². The van der Waals surface area contributed by atoms with Crippen LogP contribution in [0.15, 0.2) is 64.0 Å². The number of carbonyl (C=O) groups excluding carboxylic acids is 1. The first-order chi connectivity index (χ1) is 11.1. The summed E-state index contributed by atoms with van der Waals surface area (Å²) in [6.07, 6.45) is 1.74. The zero-order valence-corrected chi connectivity index (χ0v) is 13.6. The molecule has 0 atom stereocenters. The molecule has 23 heavy (non-hydrogen) atoms. The number of aromatic nitrogens is 1. The summed E-state index contributed by atoms with van der Waals surface area (Å²) in [7, 11) is 0. The van der Waals surface area contributed by atoms with Crippen LogP contribution in [0.5, 0.6) is 0 Å². The molecule has 116 valence electrons. The van der Waals surface area contributed by atoms with Crippen LogP contribution in [0.3, 0.4) is 0 Å². The van der Waals surface area contributed by atoms with Crippen LogP contribution in [0.25, 0.3) is 10.8 Å². The van der Waals surface area contributed by atoms with Gasteiger partial charge >= 0.3 is 0 Å². The highest BCUT2D eigenvalue weighted by molar-refractivity contribution is 9.10. The highest BCUT2D eigenvalue weighted by Crippen LogP contribution is 2.22. The third-order valence-corrected chi connectivity index (χ3v) is 4.23. The number of carbonyl (C=O) groups is 1. The first-order valence-electron chi connectivity index (χ1n) is 6.91. The molecule has 6 heteroatoms. The number of nitrogens with zero attached hydrogens (tertiary/aromatic N) is 1. The second-order valence-corrected chi connectivity index (χ2v) is 5.95. The molecule has 1 heterocycles. The summed E-state index contributed by atoms with van der Waals surface area (Å²) in [6, 6.07) is 14.4. The van der Waals surface area contributed by atoms with E-state index in [1.165, 1.54) is 6.07 Å². The molecule has 2 aromatic carbocycles. The molecule has 0 bridgehead atoms. The van der Waals surface area contributed by atoms with Gasteiger partial charge in [0.2, 0.25) is 0 Å². The van der Waals surface area contributed by atoms with Crippen molar-refractivity contribution in [2.45, 2.75) is 6.54 Å². The van der Waals surface area contributed by atoms with Crippen molar-refractivity contribution in [3.05, 3.63) is 80.7 Å². The number of hydroxylamine groups is 1. The normalized spacial score (nSPS) is 10.7. The van der Waals surface area contributed by atoms with E-state index >= 15 is 0 Å². The summed E-state index contributed by atoms with van der Waals surface area (Å²) >= 11 is 3.46. The summed E-state index contributed by atoms with van der Waals surface area (Å²) in [5, 5.41) is 9.87. The topological polar surface area (TPSA) is 71.3 Å². The molecule has 0 saturated heterocycles. The fraction of sp³-hybridized carbons (Fsp3) is 0.0588. The average molecular weight is 373 g/mol. The Balaban J connectivity index is 2.15. The van der Waals surface area contributed by atoms with E-state index in [-0.39, 0.29) is 11.1 Å². The van der Waals surface area contributed by atoms with E-state index in [1.54, 1.807) is 28.4 Å². The van der Waals surface area contributed by atoms with Crippen molar-refractivity contribution >= 4 is 32.6 Å². The molecule has 0 radical (unpaired) electrons. The molecule has 0 aliphatic carbocycles. The van der Waals surface area contributed by atoms with Crippen LogP contribution in [0, 0.1) is 0 Å². The summed E-state index contributed by atoms with van der Waals surface area (Å²) in [6.45, 7) is 0.435. The van der Waals surface area contributed by atoms with Crippen LogP contribution in [0.4, 0.5) is 0 Å². The van der Waals surface area contributed by atoms with Crippen LogP contribution in [-0.2, 0) is 6.54 Å². The van der Waals surface area contributed by atoms with E-state index in [0.29, 0.717) is 17.3 Å². The van der Waals surface area contributed by atoms with Gasteiger partial charge in [-0.25, -0.2) is 5.48 Å². The smallest absolute Gasteiger partial charge is 0.274 e. The molecule has 0 aliphatic rings. The van der Waals surface area contributed by atoms with Gasteiger partial charge in [-0.1, -0.05) is 36.4 Å². The van der Waals surface area contributed by atoms with Crippen molar-refractivity contribution < 1.29 is 10.0 Å². The van der Waals surface area contributed by atoms with Crippen molar-refractivity contribution in [3.63, 3.8) is 0 Å². The van der Waals surface area contributed by atoms with E-state index in [2.05, 4.69) is 15.9 Å². The highest BCUT2D eigenvalue weighted by Gasteiger charge is 2.11. The van der Waals surface area contributed by atoms with E-state index in [1.807, 2.05) is 30.3 Å². The zero-order chi connectivity index (χ0) is 16.4. The lowest BCUT2D eigenvalue weighted by Crippen LogP contribution is -2.22. The molecule has 0 aliphatic heterocycles. The van der Waals surface area contributed by atoms with Crippen molar-refractivity contribution in [1.29, 1.82) is 0 Å². The fourth-order valence-corrected chi connectivity index (χ4v) is 3.05. The number of amides is 1. The number of benzene rings is 2. The second kappa shape index (κ2) is 6.36. The minimum atomic E-state index is -0.652. The zero-order valence-electron chi connectivity index (χ0n) is 12.0. The van der Waals surface area contributed by atoms with Crippen LogP contribution < -0.4 is 11.0 Å². The quantitative estimate of drug-likeness (QED) is 0.548. The molecule has 3 rings (SSSR count). The number of pyridine rings is 1. The molecule has 5 nitrogen and oxygen atoms in total. The summed E-state index contributed by atoms with van der Waals surface area (Å²) < 4.78 is 2.35. The van der Waals surface area contributed by atoms with Gasteiger partial charge in [-0.05, 0) is 33.6 Å². The molecule has 0 saturated carbocycles. The van der Waals surface area contributed by atoms with Gasteiger partial charge in [-0.3, -0.25) is 14.8 Å². The van der Waals surface area contributed by atoms with Gasteiger partial charge in [0.15, 0.2) is 0 Å². The largest absolute Gasteiger partial charge is 0.309 e. The van der Waals surface area contributed by atoms with Gasteiger partial charge in [-0.2, -0.15) is 0 Å². The summed E-state index contributed by atoms with van der Waals surface area (Å²) in [4.78, 5) is 24.2. The molecule has 2 N–H and O–H groups in total. The van der Waals surface area contributed by atoms with Gasteiger partial charge in [-0.15, -0.1) is 0 Å². The minimum Gasteiger partial charge on any atom is -0.309 e. The monoisotopic (exact) mass is 372 g/mol. The highest BCUT2D eigenvalue weighted by atomic mass is 79.9. The lowest BCUT2D eigenvalue weighted by molar-refractivity contribution is 0.0706. The maximum Gasteiger partial charge on any atom is 0.274 e. The standard InChI is InChI=1S/C17H13BrN2O3/c18-15-10-20(9-11-4-2-1-3-5-11)17(22)14-8-12(16(21)19-23)6-7-13(14)15/h1-8,10,23H,9H2,(H,19,21). The Morgan fingerprint density at radius 2 is 1.87 bits per heavy atom. The summed E-state index contributed by atoms with van der Waals surface area (Å²) in [5.74, 6) is -0.652. The summed E-state index contributed by atoms with van der Waals surface area (Å²) in [5.41, 5.74) is 2.61. The number of nitrogens with one attached hydrogen (secondary N) is 1. The first-order valence-corrected chi connectivity index (χ1v) is 7.70. The third-order valence-electron chi connectivity index (χ3n) is 3.60. The Labute approximate surface area is 140 Å². The predicted octanol–water partition coefficient (Wildman–Crippen LogP) is 2.93. The maximum atomic E-state index is 12.7. The van der Waals surface area contributed by atoms with Crippen LogP contribution in [-0.4, -0.2) is 15.7 Å². The van der Waals surface area contributed by atoms with Crippen molar-refractivity contribution in [2.24, 2.45) is 0 Å². The van der Waals surface area contributed by atoms with Gasteiger partial charge < -0.3 is 4.57 Å². The third kappa shape index (κ3) is 3.04. The van der Waals surface area contributed by atoms with Crippen LogP contribution >= 0.6 is 15.9 Å². The molecule has 0 unspecified atom stereocenters.